The fourth-order valence-corrected chi connectivity index (χ4v) is 1.92. The molecule has 2 rings (SSSR count). The second-order valence-corrected chi connectivity index (χ2v) is 5.92. The second-order valence-electron chi connectivity index (χ2n) is 5.92. The van der Waals surface area contributed by atoms with Crippen molar-refractivity contribution in [1.82, 2.24) is 0 Å². The summed E-state index contributed by atoms with van der Waals surface area (Å²) in [7, 11) is 0. The number of hydrogen-bond donors (Lipinski definition) is 1. The van der Waals surface area contributed by atoms with Gasteiger partial charge in [0.1, 0.15) is 5.75 Å². The predicted octanol–water partition coefficient (Wildman–Crippen LogP) is 3.92. The molecule has 0 aliphatic rings. The summed E-state index contributed by atoms with van der Waals surface area (Å²) in [4.78, 5) is 11.9. The maximum atomic E-state index is 11.9. The summed E-state index contributed by atoms with van der Waals surface area (Å²) in [6, 6.07) is 14.3. The van der Waals surface area contributed by atoms with Crippen molar-refractivity contribution >= 4 is 5.78 Å². The molecule has 2 aromatic rings. The van der Waals surface area contributed by atoms with Crippen LogP contribution in [-0.4, -0.2) is 10.9 Å². The normalized spacial score (nSPS) is 10.6. The molecular weight excluding hydrogens is 260 g/mol. The minimum atomic E-state index is -0.381. The number of para-hydroxylation sites is 1. The molecular formula is C19H18O2. The summed E-state index contributed by atoms with van der Waals surface area (Å²) in [5.41, 5.74) is 2.33. The predicted molar refractivity (Wildman–Crippen MR) is 84.5 cm³/mol. The third-order valence-corrected chi connectivity index (χ3v) is 3.22. The molecule has 0 spiro atoms. The molecule has 0 fully saturated rings. The van der Waals surface area contributed by atoms with E-state index in [1.165, 1.54) is 11.6 Å². The average molecular weight is 278 g/mol. The zero-order chi connectivity index (χ0) is 15.5. The van der Waals surface area contributed by atoms with Gasteiger partial charge in [0, 0.05) is 5.56 Å². The number of Topliss-reactive ketones (excluding diaryl/α,β-unsaturated/α-hetero) is 1. The Hall–Kier alpha value is -2.53. The molecule has 0 amide bonds. The monoisotopic (exact) mass is 278 g/mol. The lowest BCUT2D eigenvalue weighted by atomic mass is 9.87. The van der Waals surface area contributed by atoms with Crippen molar-refractivity contribution in [2.24, 2.45) is 0 Å². The van der Waals surface area contributed by atoms with E-state index in [1.54, 1.807) is 18.2 Å². The summed E-state index contributed by atoms with van der Waals surface area (Å²) >= 11 is 0. The van der Waals surface area contributed by atoms with E-state index in [0.29, 0.717) is 0 Å². The van der Waals surface area contributed by atoms with Crippen LogP contribution in [-0.2, 0) is 5.41 Å². The highest BCUT2D eigenvalue weighted by Crippen LogP contribution is 2.22. The number of aromatic hydroxyl groups is 1. The van der Waals surface area contributed by atoms with Crippen molar-refractivity contribution in [2.75, 3.05) is 0 Å². The van der Waals surface area contributed by atoms with Gasteiger partial charge >= 0.3 is 0 Å². The molecule has 2 nitrogen and oxygen atoms in total. The topological polar surface area (TPSA) is 37.3 Å². The lowest BCUT2D eigenvalue weighted by Crippen LogP contribution is -2.10. The molecule has 1 N–H and O–H groups in total. The smallest absolute Gasteiger partial charge is 0.239 e. The van der Waals surface area contributed by atoms with Crippen molar-refractivity contribution in [3.8, 4) is 17.6 Å². The van der Waals surface area contributed by atoms with E-state index >= 15 is 0 Å². The van der Waals surface area contributed by atoms with E-state index in [2.05, 4.69) is 32.6 Å². The molecule has 0 bridgehead atoms. The van der Waals surface area contributed by atoms with Crippen LogP contribution >= 0.6 is 0 Å². The molecule has 106 valence electrons. The van der Waals surface area contributed by atoms with Crippen LogP contribution in [0.2, 0.25) is 0 Å². The Labute approximate surface area is 125 Å². The molecule has 2 aromatic carbocycles. The first-order valence-corrected chi connectivity index (χ1v) is 6.83. The number of carbonyl (C=O) groups excluding carboxylic acids is 1. The molecule has 0 heterocycles. The van der Waals surface area contributed by atoms with Gasteiger partial charge in [0.15, 0.2) is 0 Å². The molecule has 0 saturated carbocycles. The summed E-state index contributed by atoms with van der Waals surface area (Å²) in [5.74, 6) is 4.98. The number of hydrogen-bond acceptors (Lipinski definition) is 2. The first-order valence-electron chi connectivity index (χ1n) is 6.83. The molecule has 0 aliphatic carbocycles. The molecule has 0 aromatic heterocycles. The molecule has 0 unspecified atom stereocenters. The molecule has 0 saturated heterocycles. The van der Waals surface area contributed by atoms with E-state index in [1.807, 2.05) is 24.3 Å². The van der Waals surface area contributed by atoms with Gasteiger partial charge < -0.3 is 5.11 Å². The largest absolute Gasteiger partial charge is 0.507 e. The van der Waals surface area contributed by atoms with Crippen LogP contribution in [0.15, 0.2) is 48.5 Å². The van der Waals surface area contributed by atoms with Gasteiger partial charge in [-0.15, -0.1) is 0 Å². The van der Waals surface area contributed by atoms with E-state index in [4.69, 9.17) is 0 Å². The Balaban J connectivity index is 2.20. The molecule has 2 heteroatoms. The van der Waals surface area contributed by atoms with E-state index in [9.17, 15) is 9.90 Å². The van der Waals surface area contributed by atoms with Gasteiger partial charge in [-0.05, 0) is 41.2 Å². The quantitative estimate of drug-likeness (QED) is 0.634. The third-order valence-electron chi connectivity index (χ3n) is 3.22. The van der Waals surface area contributed by atoms with E-state index < -0.39 is 0 Å². The number of phenols is 1. The van der Waals surface area contributed by atoms with Crippen LogP contribution < -0.4 is 0 Å². The van der Waals surface area contributed by atoms with Crippen LogP contribution in [0.5, 0.6) is 5.75 Å². The SMILES string of the molecule is CC(C)(C)c1ccc(C#CC(=O)c2ccccc2O)cc1. The van der Waals surface area contributed by atoms with Crippen LogP contribution in [0, 0.1) is 11.8 Å². The van der Waals surface area contributed by atoms with Crippen LogP contribution in [0.3, 0.4) is 0 Å². The van der Waals surface area contributed by atoms with Gasteiger partial charge in [-0.3, -0.25) is 4.79 Å². The minimum absolute atomic E-state index is 0.0418. The third kappa shape index (κ3) is 3.73. The van der Waals surface area contributed by atoms with Crippen molar-refractivity contribution in [2.45, 2.75) is 26.2 Å². The first kappa shape index (κ1) is 14.9. The molecule has 0 atom stereocenters. The average Bonchev–Trinajstić information content (AvgIpc) is 2.45. The number of phenolic OH excluding ortho intramolecular Hbond substituents is 1. The molecule has 0 radical (unpaired) electrons. The highest BCUT2D eigenvalue weighted by molar-refractivity contribution is 6.10. The van der Waals surface area contributed by atoms with Gasteiger partial charge in [0.25, 0.3) is 0 Å². The van der Waals surface area contributed by atoms with E-state index in [0.717, 1.165) is 5.56 Å². The highest BCUT2D eigenvalue weighted by atomic mass is 16.3. The number of benzene rings is 2. The first-order chi connectivity index (χ1) is 9.88. The van der Waals surface area contributed by atoms with Gasteiger partial charge in [-0.2, -0.15) is 0 Å². The Morgan fingerprint density at radius 3 is 2.19 bits per heavy atom. The fourth-order valence-electron chi connectivity index (χ4n) is 1.92. The summed E-state index contributed by atoms with van der Waals surface area (Å²) in [6.07, 6.45) is 0. The lowest BCUT2D eigenvalue weighted by Gasteiger charge is -2.18. The highest BCUT2D eigenvalue weighted by Gasteiger charge is 2.12. The minimum Gasteiger partial charge on any atom is -0.507 e. The molecule has 21 heavy (non-hydrogen) atoms. The Morgan fingerprint density at radius 2 is 1.62 bits per heavy atom. The number of carbonyl (C=O) groups is 1. The Bertz CT molecular complexity index is 708. The maximum Gasteiger partial charge on any atom is 0.239 e. The summed E-state index contributed by atoms with van der Waals surface area (Å²) < 4.78 is 0. The number of ketones is 1. The van der Waals surface area contributed by atoms with E-state index in [-0.39, 0.29) is 22.5 Å². The van der Waals surface area contributed by atoms with Crippen LogP contribution in [0.4, 0.5) is 0 Å². The Morgan fingerprint density at radius 1 is 1.00 bits per heavy atom. The summed E-state index contributed by atoms with van der Waals surface area (Å²) in [6.45, 7) is 6.44. The van der Waals surface area contributed by atoms with Crippen molar-refractivity contribution in [3.05, 3.63) is 65.2 Å². The van der Waals surface area contributed by atoms with Crippen LogP contribution in [0.1, 0.15) is 42.3 Å². The van der Waals surface area contributed by atoms with Crippen LogP contribution in [0.25, 0.3) is 0 Å². The van der Waals surface area contributed by atoms with Gasteiger partial charge in [-0.25, -0.2) is 0 Å². The van der Waals surface area contributed by atoms with Crippen molar-refractivity contribution in [1.29, 1.82) is 0 Å². The van der Waals surface area contributed by atoms with Gasteiger partial charge in [0.2, 0.25) is 5.78 Å². The van der Waals surface area contributed by atoms with Crippen molar-refractivity contribution < 1.29 is 9.90 Å². The summed E-state index contributed by atoms with van der Waals surface area (Å²) in [5, 5.41) is 9.62. The zero-order valence-electron chi connectivity index (χ0n) is 12.5. The second kappa shape index (κ2) is 5.85. The van der Waals surface area contributed by atoms with Gasteiger partial charge in [-0.1, -0.05) is 51.0 Å². The standard InChI is InChI=1S/C19H18O2/c1-19(2,3)15-11-8-14(9-12-15)10-13-18(21)16-6-4-5-7-17(16)20/h4-9,11-12,20H,1-3H3. The van der Waals surface area contributed by atoms with Gasteiger partial charge in [0.05, 0.1) is 5.56 Å². The number of rotatable bonds is 1. The molecule has 0 aliphatic heterocycles. The maximum absolute atomic E-state index is 11.9. The lowest BCUT2D eigenvalue weighted by molar-refractivity contribution is 0.105. The van der Waals surface area contributed by atoms with Crippen molar-refractivity contribution in [3.63, 3.8) is 0 Å². The fraction of sp³-hybridized carbons (Fsp3) is 0.211. The Kier molecular flexibility index (Phi) is 4.14. The zero-order valence-corrected chi connectivity index (χ0v) is 12.5.